The molecule has 0 N–H and O–H groups in total. The number of methoxy groups -OCH3 is 1. The van der Waals surface area contributed by atoms with Gasteiger partial charge in [0, 0.05) is 17.8 Å². The van der Waals surface area contributed by atoms with Crippen LogP contribution in [0.3, 0.4) is 0 Å². The molecule has 0 radical (unpaired) electrons. The molecule has 3 aromatic rings. The lowest BCUT2D eigenvalue weighted by Gasteiger charge is -2.15. The van der Waals surface area contributed by atoms with Gasteiger partial charge in [0.1, 0.15) is 17.3 Å². The van der Waals surface area contributed by atoms with Crippen LogP contribution in [0, 0.1) is 12.7 Å². The van der Waals surface area contributed by atoms with E-state index in [-0.39, 0.29) is 11.4 Å². The lowest BCUT2D eigenvalue weighted by Crippen LogP contribution is -2.18. The molecule has 3 rings (SSSR count). The minimum Gasteiger partial charge on any atom is -0.496 e. The molecule has 0 spiro atoms. The van der Waals surface area contributed by atoms with E-state index < -0.39 is 0 Å². The van der Waals surface area contributed by atoms with E-state index >= 15 is 0 Å². The van der Waals surface area contributed by atoms with Crippen LogP contribution in [-0.2, 0) is 0 Å². The quantitative estimate of drug-likeness (QED) is 0.684. The summed E-state index contributed by atoms with van der Waals surface area (Å²) in [6, 6.07) is 13.1. The van der Waals surface area contributed by atoms with Crippen molar-refractivity contribution in [3.63, 3.8) is 0 Å². The zero-order chi connectivity index (χ0) is 18.7. The summed E-state index contributed by atoms with van der Waals surface area (Å²) >= 11 is 0. The van der Waals surface area contributed by atoms with Gasteiger partial charge in [0.15, 0.2) is 0 Å². The van der Waals surface area contributed by atoms with Gasteiger partial charge in [-0.3, -0.25) is 9.36 Å². The van der Waals surface area contributed by atoms with E-state index in [1.54, 1.807) is 22.9 Å². The van der Waals surface area contributed by atoms with Crippen molar-refractivity contribution < 1.29 is 13.9 Å². The maximum atomic E-state index is 13.2. The van der Waals surface area contributed by atoms with Gasteiger partial charge < -0.3 is 9.47 Å². The predicted molar refractivity (Wildman–Crippen MR) is 99.9 cm³/mol. The number of pyridine rings is 1. The number of rotatable bonds is 5. The van der Waals surface area contributed by atoms with Gasteiger partial charge in [-0.1, -0.05) is 12.1 Å². The molecule has 1 heterocycles. The highest BCUT2D eigenvalue weighted by Crippen LogP contribution is 2.30. The predicted octanol–water partition coefficient (Wildman–Crippen LogP) is 4.36. The van der Waals surface area contributed by atoms with Crippen molar-refractivity contribution in [2.45, 2.75) is 13.8 Å². The van der Waals surface area contributed by atoms with Gasteiger partial charge in [-0.15, -0.1) is 0 Å². The van der Waals surface area contributed by atoms with Crippen LogP contribution in [0.1, 0.15) is 12.5 Å². The van der Waals surface area contributed by atoms with Crippen molar-refractivity contribution in [3.05, 3.63) is 76.5 Å². The minimum atomic E-state index is -0.316. The van der Waals surface area contributed by atoms with Crippen LogP contribution in [0.5, 0.6) is 11.5 Å². The summed E-state index contributed by atoms with van der Waals surface area (Å²) in [7, 11) is 1.51. The van der Waals surface area contributed by atoms with E-state index in [2.05, 4.69) is 0 Å². The van der Waals surface area contributed by atoms with Gasteiger partial charge in [0.05, 0.1) is 19.4 Å². The number of ether oxygens (including phenoxy) is 2. The summed E-state index contributed by atoms with van der Waals surface area (Å²) in [6.07, 6.45) is 1.72. The SMILES string of the molecule is CCOc1ccc(-n2cc(-c3ccc(F)cc3)c(OC)cc2=O)c(C)c1. The molecule has 0 atom stereocenters. The molecule has 134 valence electrons. The summed E-state index contributed by atoms with van der Waals surface area (Å²) in [5.74, 6) is 0.888. The maximum Gasteiger partial charge on any atom is 0.258 e. The molecule has 0 saturated carbocycles. The molecule has 5 heteroatoms. The molecule has 0 unspecified atom stereocenters. The molecular formula is C21H20FNO3. The largest absolute Gasteiger partial charge is 0.496 e. The molecule has 0 aliphatic carbocycles. The van der Waals surface area contributed by atoms with Crippen LogP contribution in [0.2, 0.25) is 0 Å². The van der Waals surface area contributed by atoms with Gasteiger partial charge in [-0.05, 0) is 55.3 Å². The third kappa shape index (κ3) is 3.47. The van der Waals surface area contributed by atoms with Crippen LogP contribution >= 0.6 is 0 Å². The molecule has 1 aromatic heterocycles. The average Bonchev–Trinajstić information content (AvgIpc) is 2.63. The third-order valence-electron chi connectivity index (χ3n) is 4.13. The first-order chi connectivity index (χ1) is 12.5. The van der Waals surface area contributed by atoms with Crippen molar-refractivity contribution >= 4 is 0 Å². The molecule has 0 saturated heterocycles. The van der Waals surface area contributed by atoms with Gasteiger partial charge in [-0.2, -0.15) is 0 Å². The van der Waals surface area contributed by atoms with E-state index in [0.717, 1.165) is 22.6 Å². The average molecular weight is 353 g/mol. The summed E-state index contributed by atoms with van der Waals surface area (Å²) in [6.45, 7) is 4.42. The van der Waals surface area contributed by atoms with Gasteiger partial charge in [0.25, 0.3) is 5.56 Å². The Morgan fingerprint density at radius 2 is 1.81 bits per heavy atom. The van der Waals surface area contributed by atoms with E-state index in [9.17, 15) is 9.18 Å². The third-order valence-corrected chi connectivity index (χ3v) is 4.13. The van der Waals surface area contributed by atoms with Crippen molar-refractivity contribution in [2.24, 2.45) is 0 Å². The molecule has 0 fully saturated rings. The summed E-state index contributed by atoms with van der Waals surface area (Å²) in [5, 5.41) is 0. The second-order valence-electron chi connectivity index (χ2n) is 5.85. The number of aromatic nitrogens is 1. The number of benzene rings is 2. The Balaban J connectivity index is 2.15. The lowest BCUT2D eigenvalue weighted by molar-refractivity contribution is 0.340. The minimum absolute atomic E-state index is 0.208. The van der Waals surface area contributed by atoms with E-state index in [0.29, 0.717) is 17.9 Å². The fourth-order valence-corrected chi connectivity index (χ4v) is 2.87. The zero-order valence-electron chi connectivity index (χ0n) is 15.0. The number of aryl methyl sites for hydroxylation is 1. The second-order valence-corrected chi connectivity index (χ2v) is 5.85. The Bertz CT molecular complexity index is 978. The fourth-order valence-electron chi connectivity index (χ4n) is 2.87. The van der Waals surface area contributed by atoms with Gasteiger partial charge in [0.2, 0.25) is 0 Å². The molecule has 2 aromatic carbocycles. The number of halogens is 1. The molecule has 0 amide bonds. The molecule has 4 nitrogen and oxygen atoms in total. The maximum absolute atomic E-state index is 13.2. The van der Waals surface area contributed by atoms with E-state index in [1.165, 1.54) is 25.3 Å². The molecule has 0 aliphatic rings. The first-order valence-corrected chi connectivity index (χ1v) is 8.34. The molecule has 0 bridgehead atoms. The van der Waals surface area contributed by atoms with E-state index in [4.69, 9.17) is 9.47 Å². The summed E-state index contributed by atoms with van der Waals surface area (Å²) < 4.78 is 25.7. The van der Waals surface area contributed by atoms with Crippen LogP contribution in [0.15, 0.2) is 59.5 Å². The Morgan fingerprint density at radius 1 is 1.08 bits per heavy atom. The first-order valence-electron chi connectivity index (χ1n) is 8.34. The first kappa shape index (κ1) is 17.7. The van der Waals surface area contributed by atoms with Crippen LogP contribution < -0.4 is 15.0 Å². The fraction of sp³-hybridized carbons (Fsp3) is 0.190. The van der Waals surface area contributed by atoms with Crippen LogP contribution in [0.4, 0.5) is 4.39 Å². The molecule has 26 heavy (non-hydrogen) atoms. The summed E-state index contributed by atoms with van der Waals surface area (Å²) in [5.41, 5.74) is 2.93. The highest BCUT2D eigenvalue weighted by Gasteiger charge is 2.13. The Morgan fingerprint density at radius 3 is 2.42 bits per heavy atom. The topological polar surface area (TPSA) is 40.5 Å². The second kappa shape index (κ2) is 7.44. The highest BCUT2D eigenvalue weighted by molar-refractivity contribution is 5.70. The van der Waals surface area contributed by atoms with E-state index in [1.807, 2.05) is 32.0 Å². The monoisotopic (exact) mass is 353 g/mol. The number of hydrogen-bond acceptors (Lipinski definition) is 3. The summed E-state index contributed by atoms with van der Waals surface area (Å²) in [4.78, 5) is 12.6. The van der Waals surface area contributed by atoms with Gasteiger partial charge in [-0.25, -0.2) is 4.39 Å². The lowest BCUT2D eigenvalue weighted by atomic mass is 10.1. The van der Waals surface area contributed by atoms with Crippen molar-refractivity contribution in [1.82, 2.24) is 4.57 Å². The van der Waals surface area contributed by atoms with Crippen LogP contribution in [0.25, 0.3) is 16.8 Å². The van der Waals surface area contributed by atoms with Crippen molar-refractivity contribution in [1.29, 1.82) is 0 Å². The Hall–Kier alpha value is -3.08. The molecular weight excluding hydrogens is 333 g/mol. The number of nitrogens with zero attached hydrogens (tertiary/aromatic N) is 1. The Labute approximate surface area is 151 Å². The van der Waals surface area contributed by atoms with Crippen molar-refractivity contribution in [2.75, 3.05) is 13.7 Å². The Kier molecular flexibility index (Phi) is 5.07. The molecule has 0 aliphatic heterocycles. The van der Waals surface area contributed by atoms with Gasteiger partial charge >= 0.3 is 0 Å². The standard InChI is InChI=1S/C21H20FNO3/c1-4-26-17-9-10-19(14(2)11-17)23-13-18(20(25-3)12-21(23)24)15-5-7-16(22)8-6-15/h5-13H,4H2,1-3H3. The highest BCUT2D eigenvalue weighted by atomic mass is 19.1. The number of hydrogen-bond donors (Lipinski definition) is 0. The zero-order valence-corrected chi connectivity index (χ0v) is 15.0. The normalized spacial score (nSPS) is 10.6. The smallest absolute Gasteiger partial charge is 0.258 e. The van der Waals surface area contributed by atoms with Crippen molar-refractivity contribution in [3.8, 4) is 28.3 Å². The van der Waals surface area contributed by atoms with Crippen LogP contribution in [-0.4, -0.2) is 18.3 Å².